The lowest BCUT2D eigenvalue weighted by Gasteiger charge is -2.26. The van der Waals surface area contributed by atoms with Crippen molar-refractivity contribution in [2.75, 3.05) is 13.2 Å². The van der Waals surface area contributed by atoms with Gasteiger partial charge in [0.25, 0.3) is 0 Å². The Morgan fingerprint density at radius 3 is 2.11 bits per heavy atom. The topological polar surface area (TPSA) is 105 Å². The van der Waals surface area contributed by atoms with Crippen LogP contribution in [0, 0.1) is 0 Å². The Balaban J connectivity index is 1.37. The van der Waals surface area contributed by atoms with Gasteiger partial charge in [-0.25, -0.2) is 4.79 Å². The van der Waals surface area contributed by atoms with Crippen LogP contribution in [0.2, 0.25) is 0 Å². The Labute approximate surface area is 207 Å². The van der Waals surface area contributed by atoms with Crippen LogP contribution in [-0.4, -0.2) is 41.8 Å². The zero-order chi connectivity index (χ0) is 25.3. The summed E-state index contributed by atoms with van der Waals surface area (Å²) in [7, 11) is 0. The van der Waals surface area contributed by atoms with Crippen molar-refractivity contribution in [3.8, 4) is 11.1 Å². The van der Waals surface area contributed by atoms with Gasteiger partial charge in [-0.1, -0.05) is 61.4 Å². The number of carbonyl (C=O) groups excluding carboxylic acids is 2. The third-order valence-corrected chi connectivity index (χ3v) is 6.40. The van der Waals surface area contributed by atoms with E-state index in [0.717, 1.165) is 19.3 Å². The first kappa shape index (κ1) is 26.3. The summed E-state index contributed by atoms with van der Waals surface area (Å²) in [6, 6.07) is 16.4. The van der Waals surface area contributed by atoms with Gasteiger partial charge in [0.2, 0.25) is 5.91 Å². The lowest BCUT2D eigenvalue weighted by molar-refractivity contribution is -0.137. The minimum atomic E-state index is -0.771. The molecule has 0 spiro atoms. The fourth-order valence-electron chi connectivity index (χ4n) is 4.47. The molecule has 0 bridgehead atoms. The molecule has 0 unspecified atom stereocenters. The summed E-state index contributed by atoms with van der Waals surface area (Å²) in [4.78, 5) is 35.2. The molecule has 3 rings (SSSR count). The van der Waals surface area contributed by atoms with Gasteiger partial charge in [0.05, 0.1) is 0 Å². The van der Waals surface area contributed by atoms with E-state index in [1.807, 2.05) is 38.1 Å². The maximum absolute atomic E-state index is 12.6. The number of nitrogens with one attached hydrogen (secondary N) is 2. The number of alkyl carbamates (subject to hydrolysis) is 1. The SMILES string of the molecule is CC(C)(CCC(=O)NCCCCCCC(=O)O)NC(=O)OCC1c2ccccc2-c2ccccc21. The van der Waals surface area contributed by atoms with Crippen LogP contribution in [0.25, 0.3) is 11.1 Å². The summed E-state index contributed by atoms with van der Waals surface area (Å²) in [5, 5.41) is 14.4. The summed E-state index contributed by atoms with van der Waals surface area (Å²) in [5.74, 6) is -0.822. The summed E-state index contributed by atoms with van der Waals surface area (Å²) >= 11 is 0. The molecule has 1 aliphatic rings. The zero-order valence-electron chi connectivity index (χ0n) is 20.6. The molecule has 7 heteroatoms. The Morgan fingerprint density at radius 1 is 0.886 bits per heavy atom. The number of rotatable bonds is 13. The lowest BCUT2D eigenvalue weighted by atomic mass is 9.98. The van der Waals surface area contributed by atoms with Crippen molar-refractivity contribution in [1.82, 2.24) is 10.6 Å². The lowest BCUT2D eigenvalue weighted by Crippen LogP contribution is -2.44. The summed E-state index contributed by atoms with van der Waals surface area (Å²) in [6.45, 7) is 4.59. The van der Waals surface area contributed by atoms with Crippen molar-refractivity contribution in [2.24, 2.45) is 0 Å². The van der Waals surface area contributed by atoms with Crippen LogP contribution < -0.4 is 10.6 Å². The standard InChI is InChI=1S/C28H36N2O5/c1-28(2,17-16-25(31)29-18-10-4-3-5-15-26(32)33)30-27(34)35-19-24-22-13-8-6-11-20(22)21-12-7-9-14-23(21)24/h6-9,11-14,24H,3-5,10,15-19H2,1-2H3,(H,29,31)(H,30,34)(H,32,33). The molecule has 0 heterocycles. The number of unbranched alkanes of at least 4 members (excludes halogenated alkanes) is 3. The van der Waals surface area contributed by atoms with Crippen molar-refractivity contribution in [2.45, 2.75) is 70.3 Å². The molecular formula is C28H36N2O5. The van der Waals surface area contributed by atoms with Crippen LogP contribution in [0.15, 0.2) is 48.5 Å². The molecule has 7 nitrogen and oxygen atoms in total. The van der Waals surface area contributed by atoms with E-state index in [9.17, 15) is 14.4 Å². The number of amides is 2. The van der Waals surface area contributed by atoms with Crippen LogP contribution >= 0.6 is 0 Å². The predicted octanol–water partition coefficient (Wildman–Crippen LogP) is 5.24. The molecule has 2 aromatic carbocycles. The predicted molar refractivity (Wildman–Crippen MR) is 135 cm³/mol. The van der Waals surface area contributed by atoms with Crippen LogP contribution in [0.1, 0.15) is 75.8 Å². The average Bonchev–Trinajstić information content (AvgIpc) is 3.14. The van der Waals surface area contributed by atoms with Gasteiger partial charge in [-0.3, -0.25) is 9.59 Å². The zero-order valence-corrected chi connectivity index (χ0v) is 20.6. The van der Waals surface area contributed by atoms with Crippen molar-refractivity contribution in [3.05, 3.63) is 59.7 Å². The second kappa shape index (κ2) is 12.4. The fraction of sp³-hybridized carbons (Fsp3) is 0.464. The maximum Gasteiger partial charge on any atom is 0.407 e. The van der Waals surface area contributed by atoms with Crippen LogP contribution in [0.4, 0.5) is 4.79 Å². The average molecular weight is 481 g/mol. The van der Waals surface area contributed by atoms with E-state index in [1.54, 1.807) is 0 Å². The molecule has 0 aliphatic heterocycles. The second-order valence-electron chi connectivity index (χ2n) is 9.74. The molecule has 1 aliphatic carbocycles. The molecule has 188 valence electrons. The van der Waals surface area contributed by atoms with Crippen molar-refractivity contribution in [1.29, 1.82) is 0 Å². The van der Waals surface area contributed by atoms with Crippen molar-refractivity contribution in [3.63, 3.8) is 0 Å². The second-order valence-corrected chi connectivity index (χ2v) is 9.74. The highest BCUT2D eigenvalue weighted by molar-refractivity contribution is 5.79. The normalized spacial score (nSPS) is 12.5. The van der Waals surface area contributed by atoms with E-state index < -0.39 is 17.6 Å². The first-order valence-electron chi connectivity index (χ1n) is 12.4. The van der Waals surface area contributed by atoms with E-state index in [4.69, 9.17) is 9.84 Å². The largest absolute Gasteiger partial charge is 0.481 e. The minimum absolute atomic E-state index is 0.00571. The Hall–Kier alpha value is -3.35. The molecule has 0 fully saturated rings. The molecule has 35 heavy (non-hydrogen) atoms. The minimum Gasteiger partial charge on any atom is -0.481 e. The van der Waals surface area contributed by atoms with E-state index in [0.29, 0.717) is 25.8 Å². The molecule has 0 saturated heterocycles. The van der Waals surface area contributed by atoms with Gasteiger partial charge >= 0.3 is 12.1 Å². The Morgan fingerprint density at radius 2 is 1.49 bits per heavy atom. The number of carboxylic acids is 1. The van der Waals surface area contributed by atoms with Gasteiger partial charge in [-0.15, -0.1) is 0 Å². The van der Waals surface area contributed by atoms with Crippen molar-refractivity contribution < 1.29 is 24.2 Å². The quantitative estimate of drug-likeness (QED) is 0.340. The molecule has 0 atom stereocenters. The fourth-order valence-corrected chi connectivity index (χ4v) is 4.47. The van der Waals surface area contributed by atoms with Gasteiger partial charge in [-0.05, 0) is 55.4 Å². The molecule has 2 aromatic rings. The summed E-state index contributed by atoms with van der Waals surface area (Å²) in [5.41, 5.74) is 4.11. The molecule has 0 radical (unpaired) electrons. The van der Waals surface area contributed by atoms with Crippen LogP contribution in [0.5, 0.6) is 0 Å². The number of aliphatic carboxylic acids is 1. The Bertz CT molecular complexity index is 988. The molecule has 0 aromatic heterocycles. The van der Waals surface area contributed by atoms with Crippen LogP contribution in [-0.2, 0) is 14.3 Å². The van der Waals surface area contributed by atoms with E-state index in [1.165, 1.54) is 22.3 Å². The third kappa shape index (κ3) is 7.84. The van der Waals surface area contributed by atoms with E-state index >= 15 is 0 Å². The highest BCUT2D eigenvalue weighted by atomic mass is 16.5. The highest BCUT2D eigenvalue weighted by Crippen LogP contribution is 2.44. The van der Waals surface area contributed by atoms with Gasteiger partial charge in [0.15, 0.2) is 0 Å². The smallest absolute Gasteiger partial charge is 0.407 e. The highest BCUT2D eigenvalue weighted by Gasteiger charge is 2.30. The number of hydrogen-bond acceptors (Lipinski definition) is 4. The number of ether oxygens (including phenoxy) is 1. The van der Waals surface area contributed by atoms with Gasteiger partial charge in [0, 0.05) is 30.8 Å². The summed E-state index contributed by atoms with van der Waals surface area (Å²) < 4.78 is 5.62. The number of carboxylic acid groups (broad SMARTS) is 1. The summed E-state index contributed by atoms with van der Waals surface area (Å²) in [6.07, 6.45) is 3.72. The molecular weight excluding hydrogens is 444 g/mol. The monoisotopic (exact) mass is 480 g/mol. The number of carbonyl (C=O) groups is 3. The van der Waals surface area contributed by atoms with Gasteiger partial charge in [0.1, 0.15) is 6.61 Å². The third-order valence-electron chi connectivity index (χ3n) is 6.40. The Kier molecular flexibility index (Phi) is 9.29. The number of hydrogen-bond donors (Lipinski definition) is 3. The van der Waals surface area contributed by atoms with Gasteiger partial charge < -0.3 is 20.5 Å². The first-order valence-corrected chi connectivity index (χ1v) is 12.4. The van der Waals surface area contributed by atoms with Crippen molar-refractivity contribution >= 4 is 18.0 Å². The van der Waals surface area contributed by atoms with E-state index in [2.05, 4.69) is 34.9 Å². The first-order chi connectivity index (χ1) is 16.8. The number of benzene rings is 2. The number of fused-ring (bicyclic) bond motifs is 3. The van der Waals surface area contributed by atoms with Gasteiger partial charge in [-0.2, -0.15) is 0 Å². The molecule has 2 amide bonds. The van der Waals surface area contributed by atoms with E-state index in [-0.39, 0.29) is 24.9 Å². The molecule has 0 saturated carbocycles. The maximum atomic E-state index is 12.6. The molecule has 3 N–H and O–H groups in total. The van der Waals surface area contributed by atoms with Crippen LogP contribution in [0.3, 0.4) is 0 Å².